The Labute approximate surface area is 94.0 Å². The lowest BCUT2D eigenvalue weighted by Crippen LogP contribution is -2.11. The van der Waals surface area contributed by atoms with Gasteiger partial charge in [-0.25, -0.2) is 0 Å². The molecule has 0 heterocycles. The van der Waals surface area contributed by atoms with E-state index >= 15 is 0 Å². The van der Waals surface area contributed by atoms with E-state index in [-0.39, 0.29) is 12.2 Å². The Hall–Kier alpha value is -0.600. The van der Waals surface area contributed by atoms with Crippen LogP contribution in [0.4, 0.5) is 0 Å². The average Bonchev–Trinajstić information content (AvgIpc) is 2.25. The molecule has 2 nitrogen and oxygen atoms in total. The topological polar surface area (TPSA) is 18.5 Å². The van der Waals surface area contributed by atoms with Crippen molar-refractivity contribution in [2.24, 2.45) is 0 Å². The third kappa shape index (κ3) is 8.40. The molecule has 0 aliphatic rings. The fraction of sp³-hybridized carbons (Fsp3) is 0.692. The van der Waals surface area contributed by atoms with Gasteiger partial charge in [-0.3, -0.25) is 0 Å². The Morgan fingerprint density at radius 2 is 2.07 bits per heavy atom. The Morgan fingerprint density at radius 3 is 2.60 bits per heavy atom. The van der Waals surface area contributed by atoms with E-state index in [4.69, 9.17) is 9.47 Å². The normalized spacial score (nSPS) is 15.4. The Bertz CT molecular complexity index is 175. The first-order valence-electron chi connectivity index (χ1n) is 5.68. The average molecular weight is 212 g/mol. The molecule has 0 N–H and O–H groups in total. The Kier molecular flexibility index (Phi) is 9.54. The van der Waals surface area contributed by atoms with Crippen LogP contribution in [0.5, 0.6) is 0 Å². The molecule has 0 fully saturated rings. The number of hydrogen-bond acceptors (Lipinski definition) is 2. The molecule has 2 heteroatoms. The molecule has 0 amide bonds. The number of unbranched alkanes of at least 4 members (excludes halogenated alkanes) is 1. The monoisotopic (exact) mass is 212 g/mol. The van der Waals surface area contributed by atoms with E-state index in [1.54, 1.807) is 7.11 Å². The fourth-order valence-electron chi connectivity index (χ4n) is 1.10. The molecule has 0 aromatic heterocycles. The quantitative estimate of drug-likeness (QED) is 0.431. The lowest BCUT2D eigenvalue weighted by atomic mass is 10.2. The maximum absolute atomic E-state index is 5.70. The second kappa shape index (κ2) is 9.94. The van der Waals surface area contributed by atoms with Crippen molar-refractivity contribution in [3.63, 3.8) is 0 Å². The highest BCUT2D eigenvalue weighted by Gasteiger charge is 2.02. The van der Waals surface area contributed by atoms with Gasteiger partial charge in [-0.1, -0.05) is 31.6 Å². The predicted octanol–water partition coefficient (Wildman–Crippen LogP) is 3.34. The van der Waals surface area contributed by atoms with Crippen LogP contribution < -0.4 is 0 Å². The summed E-state index contributed by atoms with van der Waals surface area (Å²) >= 11 is 0. The van der Waals surface area contributed by atoms with E-state index in [1.165, 1.54) is 6.42 Å². The minimum atomic E-state index is 0.145. The van der Waals surface area contributed by atoms with Gasteiger partial charge in [-0.2, -0.15) is 0 Å². The molecule has 88 valence electrons. The zero-order chi connectivity index (χ0) is 11.5. The molecule has 0 aliphatic heterocycles. The number of rotatable bonds is 9. The third-order valence-electron chi connectivity index (χ3n) is 2.20. The molecule has 0 aromatic carbocycles. The van der Waals surface area contributed by atoms with Crippen LogP contribution in [-0.4, -0.2) is 25.9 Å². The number of ether oxygens (including phenoxy) is 2. The fourth-order valence-corrected chi connectivity index (χ4v) is 1.10. The molecule has 2 unspecified atom stereocenters. The van der Waals surface area contributed by atoms with Gasteiger partial charge in [0.15, 0.2) is 0 Å². The van der Waals surface area contributed by atoms with E-state index in [0.29, 0.717) is 0 Å². The van der Waals surface area contributed by atoms with Gasteiger partial charge in [-0.15, -0.1) is 6.58 Å². The maximum Gasteiger partial charge on any atom is 0.0791 e. The summed E-state index contributed by atoms with van der Waals surface area (Å²) in [6, 6.07) is 0. The van der Waals surface area contributed by atoms with Crippen LogP contribution in [0.2, 0.25) is 0 Å². The molecule has 0 aliphatic carbocycles. The van der Waals surface area contributed by atoms with Crippen LogP contribution in [-0.2, 0) is 9.47 Å². The van der Waals surface area contributed by atoms with Gasteiger partial charge in [0.1, 0.15) is 0 Å². The highest BCUT2D eigenvalue weighted by Crippen LogP contribution is 2.04. The largest absolute Gasteiger partial charge is 0.378 e. The minimum absolute atomic E-state index is 0.145. The highest BCUT2D eigenvalue weighted by molar-refractivity contribution is 4.96. The first-order chi connectivity index (χ1) is 7.24. The lowest BCUT2D eigenvalue weighted by Gasteiger charge is -2.12. The van der Waals surface area contributed by atoms with Gasteiger partial charge in [0, 0.05) is 13.7 Å². The summed E-state index contributed by atoms with van der Waals surface area (Å²) in [5.74, 6) is 0. The van der Waals surface area contributed by atoms with Crippen LogP contribution in [0.25, 0.3) is 0 Å². The standard InChI is InChI=1S/C13H24O2/c1-5-7-11-15-13(8-6-2)10-9-12(3)14-4/h6,9-10,12-13H,2,5,7-8,11H2,1,3-4H3/b10-9+. The van der Waals surface area contributed by atoms with Crippen molar-refractivity contribution >= 4 is 0 Å². The van der Waals surface area contributed by atoms with Crippen LogP contribution in [0.15, 0.2) is 24.8 Å². The molecule has 2 atom stereocenters. The van der Waals surface area contributed by atoms with Crippen LogP contribution in [0.1, 0.15) is 33.1 Å². The second-order valence-corrected chi connectivity index (χ2v) is 3.61. The summed E-state index contributed by atoms with van der Waals surface area (Å²) in [5.41, 5.74) is 0. The van der Waals surface area contributed by atoms with E-state index in [0.717, 1.165) is 19.4 Å². The summed E-state index contributed by atoms with van der Waals surface area (Å²) in [7, 11) is 1.70. The third-order valence-corrected chi connectivity index (χ3v) is 2.20. The van der Waals surface area contributed by atoms with Crippen molar-refractivity contribution in [3.8, 4) is 0 Å². The molecule has 0 saturated carbocycles. The van der Waals surface area contributed by atoms with E-state index in [1.807, 2.05) is 19.1 Å². The minimum Gasteiger partial charge on any atom is -0.378 e. The number of hydrogen-bond donors (Lipinski definition) is 0. The molecule has 0 rings (SSSR count). The smallest absolute Gasteiger partial charge is 0.0791 e. The SMILES string of the molecule is C=CCC(/C=C/C(C)OC)OCCCC. The number of methoxy groups -OCH3 is 1. The van der Waals surface area contributed by atoms with Crippen molar-refractivity contribution in [1.29, 1.82) is 0 Å². The maximum atomic E-state index is 5.70. The predicted molar refractivity (Wildman–Crippen MR) is 65.1 cm³/mol. The van der Waals surface area contributed by atoms with Crippen LogP contribution >= 0.6 is 0 Å². The van der Waals surface area contributed by atoms with Gasteiger partial charge in [0.25, 0.3) is 0 Å². The summed E-state index contributed by atoms with van der Waals surface area (Å²) in [4.78, 5) is 0. The van der Waals surface area contributed by atoms with E-state index < -0.39 is 0 Å². The zero-order valence-corrected chi connectivity index (χ0v) is 10.2. The van der Waals surface area contributed by atoms with Gasteiger partial charge in [-0.05, 0) is 19.8 Å². The summed E-state index contributed by atoms with van der Waals surface area (Å²) in [5, 5.41) is 0. The van der Waals surface area contributed by atoms with Crippen molar-refractivity contribution in [2.75, 3.05) is 13.7 Å². The molecule has 0 bridgehead atoms. The zero-order valence-electron chi connectivity index (χ0n) is 10.2. The summed E-state index contributed by atoms with van der Waals surface area (Å²) < 4.78 is 10.8. The van der Waals surface area contributed by atoms with E-state index in [2.05, 4.69) is 19.6 Å². The van der Waals surface area contributed by atoms with Crippen molar-refractivity contribution in [3.05, 3.63) is 24.8 Å². The molecule has 0 aromatic rings. The van der Waals surface area contributed by atoms with Crippen molar-refractivity contribution < 1.29 is 9.47 Å². The second-order valence-electron chi connectivity index (χ2n) is 3.61. The van der Waals surface area contributed by atoms with Crippen LogP contribution in [0.3, 0.4) is 0 Å². The van der Waals surface area contributed by atoms with Gasteiger partial charge in [0.05, 0.1) is 12.2 Å². The molecule has 0 spiro atoms. The Morgan fingerprint density at radius 1 is 1.33 bits per heavy atom. The first-order valence-corrected chi connectivity index (χ1v) is 5.68. The van der Waals surface area contributed by atoms with Crippen LogP contribution in [0, 0.1) is 0 Å². The molecule has 0 saturated heterocycles. The highest BCUT2D eigenvalue weighted by atomic mass is 16.5. The summed E-state index contributed by atoms with van der Waals surface area (Å²) in [6.45, 7) is 8.72. The molecular weight excluding hydrogens is 188 g/mol. The summed E-state index contributed by atoms with van der Waals surface area (Å²) in [6.07, 6.45) is 9.40. The van der Waals surface area contributed by atoms with Gasteiger partial charge >= 0.3 is 0 Å². The molecule has 0 radical (unpaired) electrons. The molecular formula is C13H24O2. The van der Waals surface area contributed by atoms with Crippen molar-refractivity contribution in [2.45, 2.75) is 45.3 Å². The first kappa shape index (κ1) is 14.4. The van der Waals surface area contributed by atoms with Crippen molar-refractivity contribution in [1.82, 2.24) is 0 Å². The van der Waals surface area contributed by atoms with Gasteiger partial charge in [0.2, 0.25) is 0 Å². The molecule has 15 heavy (non-hydrogen) atoms. The van der Waals surface area contributed by atoms with E-state index in [9.17, 15) is 0 Å². The van der Waals surface area contributed by atoms with Gasteiger partial charge < -0.3 is 9.47 Å². The Balaban J connectivity index is 3.91. The lowest BCUT2D eigenvalue weighted by molar-refractivity contribution is 0.0831.